The fourth-order valence-corrected chi connectivity index (χ4v) is 5.05. The Labute approximate surface area is 193 Å². The van der Waals surface area contributed by atoms with Gasteiger partial charge >= 0.3 is 0 Å². The molecular weight excluding hydrogens is 420 g/mol. The van der Waals surface area contributed by atoms with Crippen molar-refractivity contribution in [1.29, 1.82) is 0 Å². The highest BCUT2D eigenvalue weighted by Gasteiger charge is 2.32. The quantitative estimate of drug-likeness (QED) is 0.572. The number of rotatable bonds is 7. The van der Waals surface area contributed by atoms with E-state index in [1.165, 1.54) is 22.7 Å². The number of hydrogen-bond acceptors (Lipinski definition) is 6. The number of likely N-dealkylation sites (N-methyl/N-ethyl adjacent to an activating group) is 1. The summed E-state index contributed by atoms with van der Waals surface area (Å²) in [4.78, 5) is 22.1. The summed E-state index contributed by atoms with van der Waals surface area (Å²) >= 11 is 1.42. The molecule has 0 bridgehead atoms. The molecule has 7 nitrogen and oxygen atoms in total. The van der Waals surface area contributed by atoms with Gasteiger partial charge in [0.15, 0.2) is 5.37 Å². The van der Waals surface area contributed by atoms with Crippen LogP contribution in [0, 0.1) is 6.92 Å². The number of nitrogens with zero attached hydrogens (tertiary/aromatic N) is 4. The maximum absolute atomic E-state index is 12.0. The van der Waals surface area contributed by atoms with Crippen molar-refractivity contribution in [3.8, 4) is 11.3 Å². The van der Waals surface area contributed by atoms with Crippen molar-refractivity contribution in [2.75, 3.05) is 27.2 Å². The van der Waals surface area contributed by atoms with Gasteiger partial charge in [-0.1, -0.05) is 31.7 Å². The molecule has 3 heterocycles. The topological polar surface area (TPSA) is 90.6 Å². The van der Waals surface area contributed by atoms with E-state index in [2.05, 4.69) is 53.0 Å². The Morgan fingerprint density at radius 1 is 1.25 bits per heavy atom. The molecule has 1 aromatic carbocycles. The Kier molecular flexibility index (Phi) is 6.26. The fourth-order valence-electron chi connectivity index (χ4n) is 4.03. The standard InChI is InChI=1S/C24H30N6OS/c1-14(2)20-18-13-17(23-28-30(11-10-29(4)5)24(32-23)22(25)31)6-7-19(18)27-21(20)16-8-9-26-15(3)12-16/h6-9,12-14,24,27H,10-11H2,1-5H3,(H2,25,31). The van der Waals surface area contributed by atoms with Gasteiger partial charge < -0.3 is 15.6 Å². The summed E-state index contributed by atoms with van der Waals surface area (Å²) in [7, 11) is 4.00. The minimum absolute atomic E-state index is 0.329. The van der Waals surface area contributed by atoms with Crippen LogP contribution < -0.4 is 5.73 Å². The molecule has 0 saturated carbocycles. The van der Waals surface area contributed by atoms with Gasteiger partial charge in [0.1, 0.15) is 5.04 Å². The first-order chi connectivity index (χ1) is 15.2. The van der Waals surface area contributed by atoms with Crippen molar-refractivity contribution in [3.63, 3.8) is 0 Å². The van der Waals surface area contributed by atoms with Crippen molar-refractivity contribution < 1.29 is 4.79 Å². The molecule has 8 heteroatoms. The van der Waals surface area contributed by atoms with E-state index in [0.717, 1.165) is 39.6 Å². The van der Waals surface area contributed by atoms with Crippen molar-refractivity contribution >= 4 is 33.6 Å². The van der Waals surface area contributed by atoms with Crippen molar-refractivity contribution in [2.24, 2.45) is 10.8 Å². The van der Waals surface area contributed by atoms with Gasteiger partial charge in [-0.05, 0) is 56.8 Å². The molecule has 1 amide bonds. The summed E-state index contributed by atoms with van der Waals surface area (Å²) in [5.41, 5.74) is 12.3. The third kappa shape index (κ3) is 4.38. The molecule has 2 aromatic heterocycles. The Morgan fingerprint density at radius 2 is 2.03 bits per heavy atom. The van der Waals surface area contributed by atoms with Crippen molar-refractivity contribution in [1.82, 2.24) is 19.9 Å². The number of hydrogen-bond donors (Lipinski definition) is 2. The number of carbonyl (C=O) groups excluding carboxylic acids is 1. The molecule has 1 aliphatic heterocycles. The molecule has 0 aliphatic carbocycles. The summed E-state index contributed by atoms with van der Waals surface area (Å²) in [6.07, 6.45) is 1.85. The summed E-state index contributed by atoms with van der Waals surface area (Å²) in [6.45, 7) is 7.87. The number of amides is 1. The number of nitrogens with two attached hydrogens (primary N) is 1. The van der Waals surface area contributed by atoms with Gasteiger partial charge in [0, 0.05) is 40.5 Å². The maximum atomic E-state index is 12.0. The Balaban J connectivity index is 1.75. The number of hydrazone groups is 1. The number of pyridine rings is 1. The van der Waals surface area contributed by atoms with Gasteiger partial charge in [-0.2, -0.15) is 5.10 Å². The van der Waals surface area contributed by atoms with Crippen LogP contribution in [0.3, 0.4) is 0 Å². The minimum Gasteiger partial charge on any atom is -0.367 e. The van der Waals surface area contributed by atoms with Gasteiger partial charge in [0.2, 0.25) is 0 Å². The van der Waals surface area contributed by atoms with E-state index in [4.69, 9.17) is 10.8 Å². The van der Waals surface area contributed by atoms with E-state index in [1.54, 1.807) is 5.01 Å². The summed E-state index contributed by atoms with van der Waals surface area (Å²) in [5.74, 6) is -0.0379. The zero-order chi connectivity index (χ0) is 23.0. The fraction of sp³-hybridized carbons (Fsp3) is 0.375. The summed E-state index contributed by atoms with van der Waals surface area (Å²) in [6, 6.07) is 10.5. The van der Waals surface area contributed by atoms with E-state index in [-0.39, 0.29) is 5.91 Å². The molecule has 32 heavy (non-hydrogen) atoms. The normalized spacial score (nSPS) is 16.4. The van der Waals surface area contributed by atoms with Crippen LogP contribution in [0.5, 0.6) is 0 Å². The monoisotopic (exact) mass is 450 g/mol. The summed E-state index contributed by atoms with van der Waals surface area (Å²) in [5, 5.41) is 8.08. The average molecular weight is 451 g/mol. The predicted octanol–water partition coefficient (Wildman–Crippen LogP) is 3.75. The van der Waals surface area contributed by atoms with Gasteiger partial charge in [-0.25, -0.2) is 0 Å². The second-order valence-corrected chi connectivity index (χ2v) is 9.83. The molecule has 0 saturated heterocycles. The largest absolute Gasteiger partial charge is 0.367 e. The molecule has 1 unspecified atom stereocenters. The highest BCUT2D eigenvalue weighted by Crippen LogP contribution is 2.37. The molecule has 0 radical (unpaired) electrons. The molecule has 3 aromatic rings. The number of aromatic amines is 1. The molecular formula is C24H30N6OS. The zero-order valence-corrected chi connectivity index (χ0v) is 20.0. The number of aryl methyl sites for hydroxylation is 1. The molecule has 168 valence electrons. The molecule has 0 spiro atoms. The number of primary amides is 1. The maximum Gasteiger partial charge on any atom is 0.252 e. The molecule has 4 rings (SSSR count). The van der Waals surface area contributed by atoms with Gasteiger partial charge in [-0.15, -0.1) is 0 Å². The summed E-state index contributed by atoms with van der Waals surface area (Å²) < 4.78 is 0. The van der Waals surface area contributed by atoms with Crippen LogP contribution in [0.2, 0.25) is 0 Å². The van der Waals surface area contributed by atoms with Crippen LogP contribution in [0.4, 0.5) is 0 Å². The van der Waals surface area contributed by atoms with E-state index in [1.807, 2.05) is 33.3 Å². The second kappa shape index (κ2) is 8.96. The number of nitrogens with one attached hydrogen (secondary N) is 1. The zero-order valence-electron chi connectivity index (χ0n) is 19.2. The van der Waals surface area contributed by atoms with Crippen LogP contribution in [-0.2, 0) is 4.79 Å². The lowest BCUT2D eigenvalue weighted by atomic mass is 9.95. The third-order valence-corrected chi connectivity index (χ3v) is 6.82. The first-order valence-electron chi connectivity index (χ1n) is 10.8. The van der Waals surface area contributed by atoms with Crippen LogP contribution in [0.1, 0.15) is 36.6 Å². The number of aromatic nitrogens is 2. The molecule has 3 N–H and O–H groups in total. The van der Waals surface area contributed by atoms with Crippen molar-refractivity contribution in [2.45, 2.75) is 32.1 Å². The second-order valence-electron chi connectivity index (χ2n) is 8.76. The lowest BCUT2D eigenvalue weighted by molar-refractivity contribution is -0.120. The number of carbonyl (C=O) groups is 1. The predicted molar refractivity (Wildman–Crippen MR) is 133 cm³/mol. The molecule has 1 aliphatic rings. The average Bonchev–Trinajstić information content (AvgIpc) is 3.33. The Hall–Kier alpha value is -2.84. The Bertz CT molecular complexity index is 1180. The lowest BCUT2D eigenvalue weighted by Crippen LogP contribution is -2.39. The van der Waals surface area contributed by atoms with Crippen LogP contribution >= 0.6 is 11.8 Å². The number of thioether (sulfide) groups is 1. The highest BCUT2D eigenvalue weighted by molar-refractivity contribution is 8.15. The SMILES string of the molecule is Cc1cc(-c2[nH]c3ccc(C4=NN(CCN(C)C)C(C(N)=O)S4)cc3c2C(C)C)ccn1. The number of benzene rings is 1. The van der Waals surface area contributed by atoms with Gasteiger partial charge in [0.25, 0.3) is 5.91 Å². The van der Waals surface area contributed by atoms with Crippen LogP contribution in [0.15, 0.2) is 41.6 Å². The lowest BCUT2D eigenvalue weighted by Gasteiger charge is -2.21. The number of fused-ring (bicyclic) bond motifs is 1. The van der Waals surface area contributed by atoms with Crippen LogP contribution in [-0.4, -0.2) is 63.4 Å². The third-order valence-electron chi connectivity index (χ3n) is 5.58. The smallest absolute Gasteiger partial charge is 0.252 e. The van der Waals surface area contributed by atoms with E-state index in [0.29, 0.717) is 12.5 Å². The first kappa shape index (κ1) is 22.4. The minimum atomic E-state index is -0.480. The van der Waals surface area contributed by atoms with E-state index < -0.39 is 5.37 Å². The molecule has 0 fully saturated rings. The van der Waals surface area contributed by atoms with E-state index in [9.17, 15) is 4.79 Å². The van der Waals surface area contributed by atoms with Gasteiger partial charge in [0.05, 0.1) is 12.2 Å². The first-order valence-corrected chi connectivity index (χ1v) is 11.7. The highest BCUT2D eigenvalue weighted by atomic mass is 32.2. The Morgan fingerprint density at radius 3 is 2.69 bits per heavy atom. The van der Waals surface area contributed by atoms with Crippen LogP contribution in [0.25, 0.3) is 22.2 Å². The van der Waals surface area contributed by atoms with Crippen molar-refractivity contribution in [3.05, 3.63) is 53.3 Å². The van der Waals surface area contributed by atoms with Gasteiger partial charge in [-0.3, -0.25) is 14.8 Å². The molecule has 1 atom stereocenters. The van der Waals surface area contributed by atoms with E-state index >= 15 is 0 Å². The number of H-pyrrole nitrogens is 1.